The molecule has 0 saturated heterocycles. The lowest BCUT2D eigenvalue weighted by Crippen LogP contribution is -2.14. The molecule has 0 saturated carbocycles. The minimum absolute atomic E-state index is 0.0286. The molecule has 2 aromatic rings. The van der Waals surface area contributed by atoms with Crippen molar-refractivity contribution in [2.75, 3.05) is 5.32 Å². The number of phenols is 1. The van der Waals surface area contributed by atoms with Gasteiger partial charge in [0.1, 0.15) is 16.6 Å². The molecule has 1 aromatic carbocycles. The van der Waals surface area contributed by atoms with Gasteiger partial charge in [-0.2, -0.15) is 0 Å². The summed E-state index contributed by atoms with van der Waals surface area (Å²) < 4.78 is 0. The highest BCUT2D eigenvalue weighted by molar-refractivity contribution is 6.29. The zero-order chi connectivity index (χ0) is 14.7. The third kappa shape index (κ3) is 2.98. The number of phenolic OH excluding ortho intramolecular Hbond substituents is 1. The van der Waals surface area contributed by atoms with E-state index in [1.807, 2.05) is 0 Å². The van der Waals surface area contributed by atoms with Crippen molar-refractivity contribution in [3.63, 3.8) is 0 Å². The number of aromatic nitrogens is 2. The first-order valence-electron chi connectivity index (χ1n) is 5.23. The molecule has 0 unspecified atom stereocenters. The van der Waals surface area contributed by atoms with Crippen molar-refractivity contribution in [1.82, 2.24) is 9.97 Å². The number of carbonyl (C=O) groups excluding carboxylic acids is 1. The summed E-state index contributed by atoms with van der Waals surface area (Å²) >= 11 is 5.60. The average Bonchev–Trinajstić information content (AvgIpc) is 2.41. The molecular formula is C11H7ClN4O4. The lowest BCUT2D eigenvalue weighted by Gasteiger charge is -2.06. The maximum atomic E-state index is 11.8. The van der Waals surface area contributed by atoms with Crippen LogP contribution in [0.3, 0.4) is 0 Å². The second kappa shape index (κ2) is 5.49. The number of benzene rings is 1. The highest BCUT2D eigenvalue weighted by Crippen LogP contribution is 2.28. The van der Waals surface area contributed by atoms with Crippen LogP contribution in [0.1, 0.15) is 10.5 Å². The van der Waals surface area contributed by atoms with Crippen LogP contribution in [0, 0.1) is 10.1 Å². The molecule has 0 aliphatic carbocycles. The summed E-state index contributed by atoms with van der Waals surface area (Å²) in [6, 6.07) is 3.26. The maximum Gasteiger partial charge on any atom is 0.276 e. The number of aromatic hydroxyl groups is 1. The van der Waals surface area contributed by atoms with Crippen LogP contribution in [0.15, 0.2) is 30.6 Å². The molecule has 0 radical (unpaired) electrons. The number of hydrogen-bond acceptors (Lipinski definition) is 6. The number of anilines is 1. The number of nitrogens with zero attached hydrogens (tertiary/aromatic N) is 3. The van der Waals surface area contributed by atoms with Gasteiger partial charge >= 0.3 is 0 Å². The van der Waals surface area contributed by atoms with Gasteiger partial charge in [0.2, 0.25) is 0 Å². The lowest BCUT2D eigenvalue weighted by molar-refractivity contribution is -0.384. The number of halogens is 1. The number of nitro groups is 1. The molecule has 2 N–H and O–H groups in total. The first-order chi connectivity index (χ1) is 9.47. The fraction of sp³-hybridized carbons (Fsp3) is 0. The van der Waals surface area contributed by atoms with E-state index in [9.17, 15) is 20.0 Å². The van der Waals surface area contributed by atoms with E-state index in [0.29, 0.717) is 0 Å². The van der Waals surface area contributed by atoms with E-state index in [-0.39, 0.29) is 28.0 Å². The Morgan fingerprint density at radius 2 is 2.15 bits per heavy atom. The Hall–Kier alpha value is -2.74. The first kappa shape index (κ1) is 13.7. The normalized spacial score (nSPS) is 10.1. The van der Waals surface area contributed by atoms with Crippen molar-refractivity contribution in [2.45, 2.75) is 0 Å². The number of nitro benzene ring substituents is 1. The lowest BCUT2D eigenvalue weighted by atomic mass is 10.2. The van der Waals surface area contributed by atoms with Gasteiger partial charge in [-0.3, -0.25) is 19.9 Å². The van der Waals surface area contributed by atoms with Gasteiger partial charge in [-0.25, -0.2) is 4.98 Å². The van der Waals surface area contributed by atoms with Crippen LogP contribution in [0.4, 0.5) is 11.4 Å². The minimum atomic E-state index is -0.698. The highest BCUT2D eigenvalue weighted by atomic mass is 35.5. The van der Waals surface area contributed by atoms with E-state index in [2.05, 4.69) is 15.3 Å². The van der Waals surface area contributed by atoms with Gasteiger partial charge in [-0.15, -0.1) is 0 Å². The Bertz CT molecular complexity index is 692. The molecule has 102 valence electrons. The van der Waals surface area contributed by atoms with Crippen molar-refractivity contribution < 1.29 is 14.8 Å². The van der Waals surface area contributed by atoms with Crippen LogP contribution in [0.2, 0.25) is 5.15 Å². The van der Waals surface area contributed by atoms with E-state index in [4.69, 9.17) is 11.6 Å². The molecule has 2 rings (SSSR count). The van der Waals surface area contributed by atoms with Gasteiger partial charge in [0.15, 0.2) is 0 Å². The van der Waals surface area contributed by atoms with E-state index < -0.39 is 10.8 Å². The van der Waals surface area contributed by atoms with Crippen molar-refractivity contribution in [3.8, 4) is 5.75 Å². The van der Waals surface area contributed by atoms with Crippen molar-refractivity contribution in [1.29, 1.82) is 0 Å². The summed E-state index contributed by atoms with van der Waals surface area (Å²) in [6.45, 7) is 0. The predicted molar refractivity (Wildman–Crippen MR) is 69.8 cm³/mol. The third-order valence-corrected chi connectivity index (χ3v) is 2.46. The molecule has 8 nitrogen and oxygen atoms in total. The Kier molecular flexibility index (Phi) is 3.76. The largest absolute Gasteiger partial charge is 0.506 e. The predicted octanol–water partition coefficient (Wildman–Crippen LogP) is 2.00. The summed E-state index contributed by atoms with van der Waals surface area (Å²) in [6.07, 6.45) is 2.43. The van der Waals surface area contributed by atoms with Gasteiger partial charge in [0.05, 0.1) is 23.0 Å². The molecule has 0 spiro atoms. The average molecular weight is 295 g/mol. The number of amides is 1. The third-order valence-electron chi connectivity index (χ3n) is 2.28. The quantitative estimate of drug-likeness (QED) is 0.507. The van der Waals surface area contributed by atoms with Crippen LogP contribution >= 0.6 is 11.6 Å². The molecule has 9 heteroatoms. The summed E-state index contributed by atoms with van der Waals surface area (Å²) in [5.74, 6) is -1.00. The van der Waals surface area contributed by atoms with Crippen LogP contribution in [0.25, 0.3) is 0 Å². The second-order valence-corrected chi connectivity index (χ2v) is 4.03. The fourth-order valence-electron chi connectivity index (χ4n) is 1.38. The van der Waals surface area contributed by atoms with Crippen molar-refractivity contribution >= 4 is 28.9 Å². The molecule has 0 fully saturated rings. The van der Waals surface area contributed by atoms with Gasteiger partial charge in [0.25, 0.3) is 11.6 Å². The highest BCUT2D eigenvalue weighted by Gasteiger charge is 2.15. The standard InChI is InChI=1S/C11H7ClN4O4/c12-10-5-13-4-8(14-10)11(18)15-7-3-6(16(19)20)1-2-9(7)17/h1-5,17H,(H,15,18). The Balaban J connectivity index is 2.27. The minimum Gasteiger partial charge on any atom is -0.506 e. The molecule has 20 heavy (non-hydrogen) atoms. The number of rotatable bonds is 3. The summed E-state index contributed by atoms with van der Waals surface area (Å²) in [5.41, 5.74) is -0.454. The van der Waals surface area contributed by atoms with Crippen LogP contribution < -0.4 is 5.32 Å². The molecule has 1 aromatic heterocycles. The number of hydrogen-bond donors (Lipinski definition) is 2. The molecule has 0 bridgehead atoms. The zero-order valence-electron chi connectivity index (χ0n) is 9.78. The van der Waals surface area contributed by atoms with Gasteiger partial charge in [-0.1, -0.05) is 11.6 Å². The van der Waals surface area contributed by atoms with Gasteiger partial charge in [0, 0.05) is 12.1 Å². The molecule has 1 amide bonds. The number of carbonyl (C=O) groups is 1. The van der Waals surface area contributed by atoms with E-state index in [0.717, 1.165) is 18.2 Å². The number of nitrogens with one attached hydrogen (secondary N) is 1. The summed E-state index contributed by atoms with van der Waals surface area (Å²) in [4.78, 5) is 29.3. The summed E-state index contributed by atoms with van der Waals surface area (Å²) in [5, 5.41) is 22.5. The first-order valence-corrected chi connectivity index (χ1v) is 5.61. The Labute approximate surface area is 117 Å². The summed E-state index contributed by atoms with van der Waals surface area (Å²) in [7, 11) is 0. The van der Waals surface area contributed by atoms with E-state index >= 15 is 0 Å². The van der Waals surface area contributed by atoms with Crippen LogP contribution in [-0.2, 0) is 0 Å². The van der Waals surface area contributed by atoms with Gasteiger partial charge < -0.3 is 10.4 Å². The molecule has 0 aliphatic rings. The fourth-order valence-corrected chi connectivity index (χ4v) is 1.52. The second-order valence-electron chi connectivity index (χ2n) is 3.64. The molecular weight excluding hydrogens is 288 g/mol. The monoisotopic (exact) mass is 294 g/mol. The molecule has 0 atom stereocenters. The Morgan fingerprint density at radius 1 is 1.40 bits per heavy atom. The zero-order valence-corrected chi connectivity index (χ0v) is 10.5. The van der Waals surface area contributed by atoms with Crippen LogP contribution in [-0.4, -0.2) is 25.9 Å². The van der Waals surface area contributed by atoms with E-state index in [1.165, 1.54) is 12.4 Å². The van der Waals surface area contributed by atoms with Crippen molar-refractivity contribution in [3.05, 3.63) is 51.6 Å². The number of non-ortho nitro benzene ring substituents is 1. The SMILES string of the molecule is O=C(Nc1cc([N+](=O)[O-])ccc1O)c1cncc(Cl)n1. The van der Waals surface area contributed by atoms with Crippen molar-refractivity contribution in [2.24, 2.45) is 0 Å². The van der Waals surface area contributed by atoms with Crippen LogP contribution in [0.5, 0.6) is 5.75 Å². The molecule has 1 heterocycles. The smallest absolute Gasteiger partial charge is 0.276 e. The molecule has 0 aliphatic heterocycles. The Morgan fingerprint density at radius 3 is 2.80 bits per heavy atom. The van der Waals surface area contributed by atoms with E-state index in [1.54, 1.807) is 0 Å². The van der Waals surface area contributed by atoms with Gasteiger partial charge in [-0.05, 0) is 6.07 Å². The topological polar surface area (TPSA) is 118 Å². The maximum absolute atomic E-state index is 11.8.